The van der Waals surface area contributed by atoms with Gasteiger partial charge in [-0.1, -0.05) is 42.5 Å². The van der Waals surface area contributed by atoms with Crippen molar-refractivity contribution in [3.8, 4) is 0 Å². The molecule has 0 radical (unpaired) electrons. The van der Waals surface area contributed by atoms with E-state index in [1.807, 2.05) is 30.3 Å². The first-order valence-corrected chi connectivity index (χ1v) is 9.21. The topological polar surface area (TPSA) is 70.2 Å². The zero-order valence-electron chi connectivity index (χ0n) is 15.1. The maximum absolute atomic E-state index is 13.2. The van der Waals surface area contributed by atoms with Crippen LogP contribution in [0.1, 0.15) is 30.0 Å². The van der Waals surface area contributed by atoms with Crippen LogP contribution in [-0.2, 0) is 16.0 Å². The van der Waals surface area contributed by atoms with Gasteiger partial charge in [-0.05, 0) is 36.1 Å². The SMILES string of the molecule is O=C(Cc1cccc(F)c1)NCCNC(C(=O)NC1CC1)c1ccccc1. The van der Waals surface area contributed by atoms with Gasteiger partial charge in [-0.2, -0.15) is 0 Å². The van der Waals surface area contributed by atoms with E-state index in [4.69, 9.17) is 0 Å². The van der Waals surface area contributed by atoms with Gasteiger partial charge in [-0.25, -0.2) is 4.39 Å². The van der Waals surface area contributed by atoms with E-state index in [0.717, 1.165) is 18.4 Å². The monoisotopic (exact) mass is 369 g/mol. The third-order valence-electron chi connectivity index (χ3n) is 4.37. The van der Waals surface area contributed by atoms with E-state index in [1.165, 1.54) is 12.1 Å². The van der Waals surface area contributed by atoms with Crippen molar-refractivity contribution in [3.63, 3.8) is 0 Å². The highest BCUT2D eigenvalue weighted by atomic mass is 19.1. The van der Waals surface area contributed by atoms with Gasteiger partial charge in [0, 0.05) is 19.1 Å². The van der Waals surface area contributed by atoms with E-state index in [1.54, 1.807) is 12.1 Å². The molecule has 1 atom stereocenters. The van der Waals surface area contributed by atoms with Crippen molar-refractivity contribution >= 4 is 11.8 Å². The van der Waals surface area contributed by atoms with Gasteiger partial charge < -0.3 is 16.0 Å². The lowest BCUT2D eigenvalue weighted by molar-refractivity contribution is -0.123. The molecular formula is C21H24FN3O2. The van der Waals surface area contributed by atoms with Crippen LogP contribution >= 0.6 is 0 Å². The van der Waals surface area contributed by atoms with E-state index < -0.39 is 6.04 Å². The summed E-state index contributed by atoms with van der Waals surface area (Å²) in [7, 11) is 0. The van der Waals surface area contributed by atoms with Crippen LogP contribution in [0.4, 0.5) is 4.39 Å². The van der Waals surface area contributed by atoms with Gasteiger partial charge in [0.15, 0.2) is 0 Å². The summed E-state index contributed by atoms with van der Waals surface area (Å²) < 4.78 is 13.2. The Morgan fingerprint density at radius 1 is 1.04 bits per heavy atom. The third-order valence-corrected chi connectivity index (χ3v) is 4.37. The Labute approximate surface area is 158 Å². The Bertz CT molecular complexity index is 778. The van der Waals surface area contributed by atoms with Gasteiger partial charge in [0.2, 0.25) is 11.8 Å². The molecule has 1 aliphatic carbocycles. The molecule has 6 heteroatoms. The van der Waals surface area contributed by atoms with Crippen molar-refractivity contribution < 1.29 is 14.0 Å². The molecule has 3 N–H and O–H groups in total. The maximum Gasteiger partial charge on any atom is 0.241 e. The molecule has 1 saturated carbocycles. The molecule has 2 aromatic carbocycles. The van der Waals surface area contributed by atoms with E-state index in [0.29, 0.717) is 18.7 Å². The van der Waals surface area contributed by atoms with Crippen LogP contribution in [0.5, 0.6) is 0 Å². The highest BCUT2D eigenvalue weighted by molar-refractivity contribution is 5.83. The molecule has 0 saturated heterocycles. The Balaban J connectivity index is 1.47. The van der Waals surface area contributed by atoms with Crippen molar-refractivity contribution in [1.29, 1.82) is 0 Å². The molecule has 27 heavy (non-hydrogen) atoms. The van der Waals surface area contributed by atoms with Gasteiger partial charge in [0.05, 0.1) is 6.42 Å². The molecule has 0 spiro atoms. The summed E-state index contributed by atoms with van der Waals surface area (Å²) in [6.07, 6.45) is 2.19. The number of hydrogen-bond donors (Lipinski definition) is 3. The number of hydrogen-bond acceptors (Lipinski definition) is 3. The minimum Gasteiger partial charge on any atom is -0.355 e. The lowest BCUT2D eigenvalue weighted by Gasteiger charge is -2.19. The zero-order chi connectivity index (χ0) is 19.1. The second kappa shape index (κ2) is 9.28. The summed E-state index contributed by atoms with van der Waals surface area (Å²) in [5.41, 5.74) is 1.52. The largest absolute Gasteiger partial charge is 0.355 e. The van der Waals surface area contributed by atoms with Gasteiger partial charge >= 0.3 is 0 Å². The molecule has 1 aliphatic rings. The standard InChI is InChI=1S/C21H24FN3O2/c22-17-8-4-5-15(13-17)14-19(26)23-11-12-24-20(16-6-2-1-3-7-16)21(27)25-18-9-10-18/h1-8,13,18,20,24H,9-12,14H2,(H,23,26)(H,25,27). The molecular weight excluding hydrogens is 345 g/mol. The quantitative estimate of drug-likeness (QED) is 0.593. The number of amides is 2. The molecule has 1 unspecified atom stereocenters. The molecule has 0 aliphatic heterocycles. The van der Waals surface area contributed by atoms with E-state index >= 15 is 0 Å². The molecule has 1 fully saturated rings. The molecule has 2 aromatic rings. The van der Waals surface area contributed by atoms with E-state index in [2.05, 4.69) is 16.0 Å². The Morgan fingerprint density at radius 2 is 1.81 bits per heavy atom. The molecule has 5 nitrogen and oxygen atoms in total. The number of carbonyl (C=O) groups is 2. The predicted molar refractivity (Wildman–Crippen MR) is 101 cm³/mol. The van der Waals surface area contributed by atoms with Crippen molar-refractivity contribution in [3.05, 3.63) is 71.5 Å². The first-order chi connectivity index (χ1) is 13.1. The molecule has 0 aromatic heterocycles. The van der Waals surface area contributed by atoms with Crippen molar-refractivity contribution in [2.45, 2.75) is 31.3 Å². The lowest BCUT2D eigenvalue weighted by Crippen LogP contribution is -2.41. The maximum atomic E-state index is 13.2. The molecule has 2 amide bonds. The summed E-state index contributed by atoms with van der Waals surface area (Å²) in [5.74, 6) is -0.578. The van der Waals surface area contributed by atoms with Crippen molar-refractivity contribution in [2.24, 2.45) is 0 Å². The highest BCUT2D eigenvalue weighted by Gasteiger charge is 2.28. The van der Waals surface area contributed by atoms with Crippen LogP contribution in [0.2, 0.25) is 0 Å². The zero-order valence-corrected chi connectivity index (χ0v) is 15.1. The van der Waals surface area contributed by atoms with Crippen molar-refractivity contribution in [2.75, 3.05) is 13.1 Å². The number of halogens is 1. The summed E-state index contributed by atoms with van der Waals surface area (Å²) in [4.78, 5) is 24.5. The summed E-state index contributed by atoms with van der Waals surface area (Å²) in [6.45, 7) is 0.834. The van der Waals surface area contributed by atoms with Crippen LogP contribution in [0, 0.1) is 5.82 Å². The number of benzene rings is 2. The fourth-order valence-corrected chi connectivity index (χ4v) is 2.83. The average Bonchev–Trinajstić information content (AvgIpc) is 3.46. The number of rotatable bonds is 9. The van der Waals surface area contributed by atoms with Crippen LogP contribution in [0.3, 0.4) is 0 Å². The fourth-order valence-electron chi connectivity index (χ4n) is 2.83. The second-order valence-corrected chi connectivity index (χ2v) is 6.74. The summed E-state index contributed by atoms with van der Waals surface area (Å²) >= 11 is 0. The normalized spacial score (nSPS) is 14.4. The Morgan fingerprint density at radius 3 is 2.52 bits per heavy atom. The molecule has 3 rings (SSSR count). The van der Waals surface area contributed by atoms with Crippen molar-refractivity contribution in [1.82, 2.24) is 16.0 Å². The van der Waals surface area contributed by atoms with Gasteiger partial charge in [-0.15, -0.1) is 0 Å². The smallest absolute Gasteiger partial charge is 0.241 e. The summed E-state index contributed by atoms with van der Waals surface area (Å²) in [6, 6.07) is 15.4. The predicted octanol–water partition coefficient (Wildman–Crippen LogP) is 2.09. The fraction of sp³-hybridized carbons (Fsp3) is 0.333. The molecule has 0 heterocycles. The van der Waals surface area contributed by atoms with Crippen LogP contribution in [0.15, 0.2) is 54.6 Å². The highest BCUT2D eigenvalue weighted by Crippen LogP contribution is 2.21. The lowest BCUT2D eigenvalue weighted by atomic mass is 10.1. The minimum atomic E-state index is -0.452. The Hall–Kier alpha value is -2.73. The first-order valence-electron chi connectivity index (χ1n) is 9.21. The molecule has 0 bridgehead atoms. The van der Waals surface area contributed by atoms with Gasteiger partial charge in [0.25, 0.3) is 0 Å². The van der Waals surface area contributed by atoms with Gasteiger partial charge in [0.1, 0.15) is 11.9 Å². The van der Waals surface area contributed by atoms with E-state index in [9.17, 15) is 14.0 Å². The number of carbonyl (C=O) groups excluding carboxylic acids is 2. The number of nitrogens with one attached hydrogen (secondary N) is 3. The van der Waals surface area contributed by atoms with E-state index in [-0.39, 0.29) is 30.1 Å². The van der Waals surface area contributed by atoms with Gasteiger partial charge in [-0.3, -0.25) is 9.59 Å². The third kappa shape index (κ3) is 6.18. The van der Waals surface area contributed by atoms with Crippen LogP contribution < -0.4 is 16.0 Å². The first kappa shape index (κ1) is 19.0. The average molecular weight is 369 g/mol. The second-order valence-electron chi connectivity index (χ2n) is 6.74. The summed E-state index contributed by atoms with van der Waals surface area (Å²) in [5, 5.41) is 9.02. The molecule has 142 valence electrons. The minimum absolute atomic E-state index is 0.0465. The van der Waals surface area contributed by atoms with Crippen LogP contribution in [0.25, 0.3) is 0 Å². The van der Waals surface area contributed by atoms with Crippen LogP contribution in [-0.4, -0.2) is 30.9 Å². The Kier molecular flexibility index (Phi) is 6.54.